The minimum atomic E-state index is 0.147. The van der Waals surface area contributed by atoms with Gasteiger partial charge >= 0.3 is 0 Å². The summed E-state index contributed by atoms with van der Waals surface area (Å²) in [5.41, 5.74) is 18.5. The largest absolute Gasteiger partial charge is 0.321 e. The van der Waals surface area contributed by atoms with E-state index < -0.39 is 0 Å². The molecule has 0 saturated heterocycles. The van der Waals surface area contributed by atoms with Gasteiger partial charge in [0.25, 0.3) is 0 Å². The van der Waals surface area contributed by atoms with Crippen molar-refractivity contribution in [2.75, 3.05) is 4.90 Å². The van der Waals surface area contributed by atoms with Gasteiger partial charge in [-0.15, -0.1) is 0 Å². The third-order valence-electron chi connectivity index (χ3n) is 14.0. The van der Waals surface area contributed by atoms with Crippen LogP contribution in [0.3, 0.4) is 0 Å². The van der Waals surface area contributed by atoms with Gasteiger partial charge in [-0.05, 0) is 138 Å². The number of para-hydroxylation sites is 4. The molecule has 7 aromatic carbocycles. The Balaban J connectivity index is 0.948. The van der Waals surface area contributed by atoms with Crippen LogP contribution in [0.4, 0.5) is 5.69 Å². The molecule has 0 atom stereocenters. The topological polar surface area (TPSA) is 12.6 Å². The van der Waals surface area contributed by atoms with Gasteiger partial charge in [-0.3, -0.25) is 0 Å². The van der Waals surface area contributed by atoms with Crippen molar-refractivity contribution in [3.63, 3.8) is 0 Å². The van der Waals surface area contributed by atoms with E-state index in [2.05, 4.69) is 255 Å². The summed E-state index contributed by atoms with van der Waals surface area (Å²) < 4.78 is 4.80. The highest BCUT2D eigenvalue weighted by atomic mass is 15.1. The predicted molar refractivity (Wildman–Crippen MR) is 285 cm³/mol. The Hall–Kier alpha value is -7.88. The summed E-state index contributed by atoms with van der Waals surface area (Å²) >= 11 is 0. The lowest BCUT2D eigenvalue weighted by Crippen LogP contribution is -2.13. The van der Waals surface area contributed by atoms with Crippen LogP contribution in [-0.4, -0.2) is 8.97 Å². The van der Waals surface area contributed by atoms with E-state index in [0.717, 1.165) is 34.6 Å². The molecule has 11 rings (SSSR count). The minimum Gasteiger partial charge on any atom is -0.321 e. The first kappa shape index (κ1) is 40.9. The number of hydrogen-bond donors (Lipinski definition) is 0. The molecule has 0 fully saturated rings. The van der Waals surface area contributed by atoms with Gasteiger partial charge in [0.05, 0.1) is 27.6 Å². The fraction of sp³-hybridized carbons (Fsp3) is 0.111. The summed E-state index contributed by atoms with van der Waals surface area (Å²) in [4.78, 5) is 2.27. The van der Waals surface area contributed by atoms with Crippen molar-refractivity contribution in [2.24, 2.45) is 0 Å². The molecule has 3 aromatic heterocycles. The zero-order chi connectivity index (χ0) is 45.1. The number of rotatable bonds is 10. The smallest absolute Gasteiger partial charge is 0.0620 e. The summed E-state index contributed by atoms with van der Waals surface area (Å²) in [6, 6.07) is 57.4. The number of allylic oxidation sites excluding steroid dienone is 12. The Labute approximate surface area is 387 Å². The zero-order valence-electron chi connectivity index (χ0n) is 38.4. The Morgan fingerprint density at radius 2 is 1.17 bits per heavy atom. The number of benzene rings is 7. The molecule has 3 nitrogen and oxygen atoms in total. The second-order valence-electron chi connectivity index (χ2n) is 18.5. The normalized spacial score (nSPS) is 15.5. The lowest BCUT2D eigenvalue weighted by Gasteiger charge is -2.22. The summed E-state index contributed by atoms with van der Waals surface area (Å²) in [5.74, 6) is 0. The first-order valence-electron chi connectivity index (χ1n) is 23.1. The average Bonchev–Trinajstić information content (AvgIpc) is 4.06. The van der Waals surface area contributed by atoms with E-state index in [-0.39, 0.29) is 5.41 Å². The number of anilines is 1. The highest BCUT2D eigenvalue weighted by molar-refractivity contribution is 6.23. The van der Waals surface area contributed by atoms with Crippen LogP contribution in [0.2, 0.25) is 0 Å². The molecule has 0 saturated carbocycles. The molecule has 0 unspecified atom stereocenters. The van der Waals surface area contributed by atoms with Crippen molar-refractivity contribution >= 4 is 76.7 Å². The summed E-state index contributed by atoms with van der Waals surface area (Å²) in [6.45, 7) is 15.6. The van der Waals surface area contributed by atoms with E-state index in [1.807, 2.05) is 6.08 Å². The SMILES string of the molecule is C=CC(=CC=CN(C(C)=CC=C(C)C(C)=CC=C1CC(C)(C)c2ccccc21)c1ccc(-n2c3ccccc3c3ccccc32)cc1)c1ccc2c(c1)c1cccc3c4ccccc4n2c31. The van der Waals surface area contributed by atoms with Gasteiger partial charge in [0.2, 0.25) is 0 Å². The van der Waals surface area contributed by atoms with Crippen LogP contribution in [0.15, 0.2) is 230 Å². The highest BCUT2D eigenvalue weighted by Crippen LogP contribution is 2.45. The van der Waals surface area contributed by atoms with Crippen LogP contribution < -0.4 is 4.90 Å². The van der Waals surface area contributed by atoms with Crippen LogP contribution >= 0.6 is 0 Å². The molecule has 10 aromatic rings. The van der Waals surface area contributed by atoms with Crippen LogP contribution in [-0.2, 0) is 5.41 Å². The van der Waals surface area contributed by atoms with E-state index in [9.17, 15) is 0 Å². The molecule has 3 heterocycles. The number of nitrogens with zero attached hydrogens (tertiary/aromatic N) is 3. The lowest BCUT2D eigenvalue weighted by molar-refractivity contribution is 0.563. The van der Waals surface area contributed by atoms with Crippen LogP contribution in [0.5, 0.6) is 0 Å². The Morgan fingerprint density at radius 1 is 0.576 bits per heavy atom. The summed E-state index contributed by atoms with van der Waals surface area (Å²) in [7, 11) is 0. The monoisotopic (exact) mass is 851 g/mol. The van der Waals surface area contributed by atoms with E-state index in [4.69, 9.17) is 0 Å². The molecular weight excluding hydrogens is 799 g/mol. The predicted octanol–water partition coefficient (Wildman–Crippen LogP) is 17.1. The maximum Gasteiger partial charge on any atom is 0.0620 e. The first-order chi connectivity index (χ1) is 32.2. The lowest BCUT2D eigenvalue weighted by atomic mass is 9.86. The van der Waals surface area contributed by atoms with Gasteiger partial charge in [-0.2, -0.15) is 0 Å². The van der Waals surface area contributed by atoms with E-state index in [0.29, 0.717) is 0 Å². The van der Waals surface area contributed by atoms with Gasteiger partial charge in [0.15, 0.2) is 0 Å². The summed E-state index contributed by atoms with van der Waals surface area (Å²) in [6.07, 6.45) is 18.6. The third-order valence-corrected chi connectivity index (χ3v) is 14.0. The molecular formula is C63H53N3. The van der Waals surface area contributed by atoms with Crippen LogP contribution in [0.1, 0.15) is 57.7 Å². The van der Waals surface area contributed by atoms with Crippen molar-refractivity contribution in [3.8, 4) is 5.69 Å². The van der Waals surface area contributed by atoms with E-state index >= 15 is 0 Å². The molecule has 1 aliphatic carbocycles. The van der Waals surface area contributed by atoms with Gasteiger partial charge in [0.1, 0.15) is 0 Å². The van der Waals surface area contributed by atoms with Crippen molar-refractivity contribution < 1.29 is 0 Å². The van der Waals surface area contributed by atoms with Crippen molar-refractivity contribution in [2.45, 2.75) is 46.5 Å². The quantitative estimate of drug-likeness (QED) is 0.125. The molecule has 0 spiro atoms. The molecule has 66 heavy (non-hydrogen) atoms. The second kappa shape index (κ2) is 16.3. The van der Waals surface area contributed by atoms with Crippen LogP contribution in [0.25, 0.3) is 76.7 Å². The Morgan fingerprint density at radius 3 is 1.88 bits per heavy atom. The second-order valence-corrected chi connectivity index (χ2v) is 18.5. The highest BCUT2D eigenvalue weighted by Gasteiger charge is 2.32. The fourth-order valence-electron chi connectivity index (χ4n) is 10.5. The molecule has 3 heteroatoms. The number of aromatic nitrogens is 2. The molecule has 320 valence electrons. The third kappa shape index (κ3) is 6.82. The molecule has 1 aliphatic rings. The fourth-order valence-corrected chi connectivity index (χ4v) is 10.5. The zero-order valence-corrected chi connectivity index (χ0v) is 38.4. The maximum atomic E-state index is 4.28. The number of fused-ring (bicyclic) bond motifs is 10. The van der Waals surface area contributed by atoms with Gasteiger partial charge in [-0.1, -0.05) is 154 Å². The van der Waals surface area contributed by atoms with Crippen molar-refractivity contribution in [3.05, 3.63) is 247 Å². The Kier molecular flexibility index (Phi) is 10.1. The molecule has 0 N–H and O–H groups in total. The standard InChI is InChI=1S/C63H53N3/c1-7-45(46-33-38-61-56(40-46)55-24-16-23-54-53-22-11-15-28-60(53)66(61)62(54)55)18-17-39-64(44(4)31-29-42(2)43(3)30-32-47-41-63(5,6)57-25-12-8-19-50(47)57)48-34-36-49(37-35-48)65-58-26-13-9-20-51(58)52-21-10-14-27-59(52)65/h7-40H,1,41H2,2-6H3. The Bertz CT molecular complexity index is 3680. The van der Waals surface area contributed by atoms with Gasteiger partial charge < -0.3 is 13.9 Å². The maximum absolute atomic E-state index is 4.28. The first-order valence-corrected chi connectivity index (χ1v) is 23.1. The van der Waals surface area contributed by atoms with E-state index in [1.54, 1.807) is 0 Å². The van der Waals surface area contributed by atoms with Gasteiger partial charge in [-0.25, -0.2) is 0 Å². The average molecular weight is 852 g/mol. The number of hydrogen-bond acceptors (Lipinski definition) is 1. The van der Waals surface area contributed by atoms with E-state index in [1.165, 1.54) is 87.7 Å². The molecule has 0 aliphatic heterocycles. The summed E-state index contributed by atoms with van der Waals surface area (Å²) in [5, 5.41) is 7.62. The van der Waals surface area contributed by atoms with Crippen LogP contribution in [0, 0.1) is 0 Å². The molecule has 0 bridgehead atoms. The van der Waals surface area contributed by atoms with Gasteiger partial charge in [0, 0.05) is 55.6 Å². The molecule has 0 radical (unpaired) electrons. The van der Waals surface area contributed by atoms with Crippen molar-refractivity contribution in [1.29, 1.82) is 0 Å². The minimum absolute atomic E-state index is 0.147. The molecule has 0 amide bonds. The van der Waals surface area contributed by atoms with Crippen molar-refractivity contribution in [1.82, 2.24) is 8.97 Å².